The van der Waals surface area contributed by atoms with Gasteiger partial charge < -0.3 is 19.8 Å². The van der Waals surface area contributed by atoms with E-state index in [4.69, 9.17) is 0 Å². The van der Waals surface area contributed by atoms with Gasteiger partial charge in [-0.1, -0.05) is 0 Å². The van der Waals surface area contributed by atoms with E-state index < -0.39 is 11.9 Å². The molecule has 6 heteroatoms. The van der Waals surface area contributed by atoms with E-state index in [9.17, 15) is 19.8 Å². The molecule has 0 aliphatic rings. The molecule has 0 aliphatic heterocycles. The maximum absolute atomic E-state index is 9.66. The summed E-state index contributed by atoms with van der Waals surface area (Å²) in [7, 11) is 0. The predicted molar refractivity (Wildman–Crippen MR) is 32.1 cm³/mol. The molecule has 0 amide bonds. The summed E-state index contributed by atoms with van der Waals surface area (Å²) in [6.45, 7) is 0. The smallest absolute Gasteiger partial charge is 0.550 e. The van der Waals surface area contributed by atoms with E-state index in [-0.39, 0.29) is 61.7 Å². The third kappa shape index (κ3) is 17.8. The summed E-state index contributed by atoms with van der Waals surface area (Å²) < 4.78 is 0. The molecule has 0 spiro atoms. The molecule has 4 nitrogen and oxygen atoms in total. The molecule has 60 valence electrons. The zero-order chi connectivity index (χ0) is 7.28. The predicted octanol–water partition coefficient (Wildman–Crippen LogP) is -2.57. The molecule has 0 bridgehead atoms. The van der Waals surface area contributed by atoms with Gasteiger partial charge in [-0.25, -0.2) is 0 Å². The van der Waals surface area contributed by atoms with Crippen molar-refractivity contribution in [3.63, 3.8) is 0 Å². The van der Waals surface area contributed by atoms with Gasteiger partial charge in [0.2, 0.25) is 0 Å². The van der Waals surface area contributed by atoms with Crippen molar-refractivity contribution in [3.05, 3.63) is 0 Å². The van der Waals surface area contributed by atoms with Crippen LogP contribution in [0.4, 0.5) is 4.70 Å². The summed E-state index contributed by atoms with van der Waals surface area (Å²) in [6, 6.07) is 0. The number of hydrogen-bond donors (Lipinski definition) is 0. The first-order chi connectivity index (χ1) is 4.13. The van der Waals surface area contributed by atoms with Crippen LogP contribution in [0.1, 0.15) is 19.3 Å². The number of halogens is 1. The van der Waals surface area contributed by atoms with Crippen molar-refractivity contribution in [2.24, 2.45) is 0 Å². The molecule has 0 aromatic rings. The first-order valence-corrected chi connectivity index (χ1v) is 2.52. The maximum atomic E-state index is 9.66. The van der Waals surface area contributed by atoms with Gasteiger partial charge in [0.05, 0.1) is 0 Å². The van der Waals surface area contributed by atoms with E-state index in [2.05, 4.69) is 0 Å². The monoisotopic (exact) mass is 190 g/mol. The van der Waals surface area contributed by atoms with Gasteiger partial charge in [-0.3, -0.25) is 4.70 Å². The van der Waals surface area contributed by atoms with E-state index in [0.29, 0.717) is 0 Å². The minimum absolute atomic E-state index is 0. The molecule has 11 heavy (non-hydrogen) atoms. The summed E-state index contributed by atoms with van der Waals surface area (Å²) in [6.07, 6.45) is -0.341. The minimum atomic E-state index is -1.23. The second-order valence-electron chi connectivity index (χ2n) is 1.60. The van der Waals surface area contributed by atoms with E-state index in [1.54, 1.807) is 0 Å². The molecule has 0 saturated heterocycles. The Morgan fingerprint density at radius 1 is 1.00 bits per heavy atom. The molecule has 0 rings (SSSR count). The van der Waals surface area contributed by atoms with Crippen LogP contribution in [-0.2, 0) is 9.59 Å². The van der Waals surface area contributed by atoms with Crippen molar-refractivity contribution in [2.45, 2.75) is 19.3 Å². The van der Waals surface area contributed by atoms with Crippen molar-refractivity contribution in [1.29, 1.82) is 0 Å². The summed E-state index contributed by atoms with van der Waals surface area (Å²) in [5.74, 6) is -2.45. The van der Waals surface area contributed by atoms with Gasteiger partial charge in [-0.05, 0) is 19.3 Å². The average molecular weight is 190 g/mol. The minimum Gasteiger partial charge on any atom is -0.550 e. The molecule has 0 unspecified atom stereocenters. The Balaban J connectivity index is -0.000000320. The van der Waals surface area contributed by atoms with Crippen LogP contribution in [0, 0.1) is 0 Å². The summed E-state index contributed by atoms with van der Waals surface area (Å²) >= 11 is 0. The SMILES string of the molecule is F.O=C([O-])CCCC(=O)[O-].[Ca+2]. The average Bonchev–Trinajstić information content (AvgIpc) is 1.63. The number of carboxylic acid groups (broad SMARTS) is 2. The van der Waals surface area contributed by atoms with Crippen LogP contribution < -0.4 is 10.2 Å². The molecule has 0 aliphatic carbocycles. The number of hydrogen-bond acceptors (Lipinski definition) is 4. The van der Waals surface area contributed by atoms with Crippen LogP contribution in [0.25, 0.3) is 0 Å². The third-order valence-electron chi connectivity index (χ3n) is 0.762. The molecule has 0 heterocycles. The zero-order valence-electron chi connectivity index (χ0n) is 5.87. The van der Waals surface area contributed by atoms with Crippen LogP contribution in [0.2, 0.25) is 0 Å². The van der Waals surface area contributed by atoms with Crippen LogP contribution in [-0.4, -0.2) is 49.7 Å². The normalized spacial score (nSPS) is 7.27. The van der Waals surface area contributed by atoms with Crippen molar-refractivity contribution in [2.75, 3.05) is 0 Å². The topological polar surface area (TPSA) is 80.3 Å². The molecule has 0 radical (unpaired) electrons. The van der Waals surface area contributed by atoms with Crippen LogP contribution in [0.15, 0.2) is 0 Å². The molecular formula is C5H7CaFO4. The van der Waals surface area contributed by atoms with Crippen molar-refractivity contribution in [3.8, 4) is 0 Å². The maximum Gasteiger partial charge on any atom is 2.00 e. The summed E-state index contributed by atoms with van der Waals surface area (Å²) in [4.78, 5) is 19.3. The fourth-order valence-corrected chi connectivity index (χ4v) is 0.377. The van der Waals surface area contributed by atoms with Crippen molar-refractivity contribution < 1.29 is 24.5 Å². The number of carbonyl (C=O) groups is 2. The Labute approximate surface area is 93.0 Å². The van der Waals surface area contributed by atoms with Gasteiger partial charge in [0, 0.05) is 11.9 Å². The van der Waals surface area contributed by atoms with Gasteiger partial charge in [0.1, 0.15) is 0 Å². The summed E-state index contributed by atoms with van der Waals surface area (Å²) in [5.41, 5.74) is 0. The fraction of sp³-hybridized carbons (Fsp3) is 0.600. The van der Waals surface area contributed by atoms with E-state index >= 15 is 0 Å². The van der Waals surface area contributed by atoms with Crippen LogP contribution in [0.3, 0.4) is 0 Å². The number of aliphatic carboxylic acids is 2. The molecule has 0 fully saturated rings. The van der Waals surface area contributed by atoms with E-state index in [1.807, 2.05) is 0 Å². The van der Waals surface area contributed by atoms with Crippen molar-refractivity contribution >= 4 is 49.7 Å². The molecule has 0 aromatic heterocycles. The zero-order valence-corrected chi connectivity index (χ0v) is 8.08. The second kappa shape index (κ2) is 10.1. The second-order valence-corrected chi connectivity index (χ2v) is 1.60. The Hall–Kier alpha value is 0.130. The Morgan fingerprint density at radius 3 is 1.45 bits per heavy atom. The van der Waals surface area contributed by atoms with Gasteiger partial charge >= 0.3 is 37.7 Å². The quantitative estimate of drug-likeness (QED) is 0.456. The Kier molecular flexibility index (Phi) is 15.9. The van der Waals surface area contributed by atoms with Gasteiger partial charge in [-0.2, -0.15) is 0 Å². The standard InChI is InChI=1S/C5H8O4.Ca.FH/c6-4(7)2-1-3-5(8)9;;/h1-3H2,(H,6,7)(H,8,9);;1H/q;+2;/p-2. The Bertz CT molecular complexity index is 114. The van der Waals surface area contributed by atoms with Gasteiger partial charge in [0.25, 0.3) is 0 Å². The Morgan fingerprint density at radius 2 is 1.27 bits per heavy atom. The van der Waals surface area contributed by atoms with Crippen LogP contribution in [0.5, 0.6) is 0 Å². The fourth-order valence-electron chi connectivity index (χ4n) is 0.377. The number of carbonyl (C=O) groups excluding carboxylic acids is 2. The van der Waals surface area contributed by atoms with Gasteiger partial charge in [-0.15, -0.1) is 0 Å². The largest absolute Gasteiger partial charge is 2.00 e. The van der Waals surface area contributed by atoms with E-state index in [0.717, 1.165) is 0 Å². The number of rotatable bonds is 4. The molecule has 0 atom stereocenters. The van der Waals surface area contributed by atoms with Crippen LogP contribution >= 0.6 is 0 Å². The molecule has 0 N–H and O–H groups in total. The number of carboxylic acids is 2. The first kappa shape index (κ1) is 17.3. The molecule has 0 saturated carbocycles. The summed E-state index contributed by atoms with van der Waals surface area (Å²) in [5, 5.41) is 19.3. The third-order valence-corrected chi connectivity index (χ3v) is 0.762. The first-order valence-electron chi connectivity index (χ1n) is 2.52. The van der Waals surface area contributed by atoms with Crippen molar-refractivity contribution in [1.82, 2.24) is 0 Å². The van der Waals surface area contributed by atoms with Gasteiger partial charge in [0.15, 0.2) is 0 Å². The van der Waals surface area contributed by atoms with E-state index in [1.165, 1.54) is 0 Å². The molecular weight excluding hydrogens is 183 g/mol. The molecule has 0 aromatic carbocycles.